The second-order valence-corrected chi connectivity index (χ2v) is 11.2. The molecule has 0 bridgehead atoms. The lowest BCUT2D eigenvalue weighted by Crippen LogP contribution is -2.58. The number of halogens is 1. The van der Waals surface area contributed by atoms with Gasteiger partial charge >= 0.3 is 0 Å². The van der Waals surface area contributed by atoms with Crippen LogP contribution in [0, 0.1) is 23.1 Å². The van der Waals surface area contributed by atoms with Crippen LogP contribution < -0.4 is 16.4 Å². The van der Waals surface area contributed by atoms with Gasteiger partial charge in [0.1, 0.15) is 22.9 Å². The van der Waals surface area contributed by atoms with Crippen LogP contribution in [0.1, 0.15) is 44.7 Å². The smallest absolute Gasteiger partial charge is 0.255 e. The van der Waals surface area contributed by atoms with Gasteiger partial charge in [0.05, 0.1) is 17.8 Å². The zero-order valence-corrected chi connectivity index (χ0v) is 21.1. The van der Waals surface area contributed by atoms with Crippen molar-refractivity contribution in [3.8, 4) is 5.75 Å². The first kappa shape index (κ1) is 27.3. The van der Waals surface area contributed by atoms with E-state index in [1.165, 1.54) is 0 Å². The Kier molecular flexibility index (Phi) is 6.61. The maximum absolute atomic E-state index is 15.2. The molecule has 12 heteroatoms. The lowest BCUT2D eigenvalue weighted by atomic mass is 9.59. The van der Waals surface area contributed by atoms with Gasteiger partial charge in [0.15, 0.2) is 17.1 Å². The van der Waals surface area contributed by atoms with Crippen LogP contribution in [0.25, 0.3) is 5.76 Å². The molecule has 1 saturated carbocycles. The van der Waals surface area contributed by atoms with Gasteiger partial charge in [0.2, 0.25) is 11.7 Å². The number of carbonyl (C=O) groups is 4. The van der Waals surface area contributed by atoms with Crippen molar-refractivity contribution in [2.75, 3.05) is 18.4 Å². The van der Waals surface area contributed by atoms with Gasteiger partial charge in [-0.15, -0.1) is 0 Å². The third-order valence-corrected chi connectivity index (χ3v) is 7.22. The minimum atomic E-state index is -2.71. The lowest BCUT2D eigenvalue weighted by molar-refractivity contribution is -0.147. The number of phenolic OH excluding ortho intramolecular Hbond substituents is 1. The van der Waals surface area contributed by atoms with Gasteiger partial charge in [-0.1, -0.05) is 20.8 Å². The third kappa shape index (κ3) is 4.33. The predicted molar refractivity (Wildman–Crippen MR) is 132 cm³/mol. The number of aliphatic hydroxyl groups excluding tert-OH is 2. The quantitative estimate of drug-likeness (QED) is 0.215. The van der Waals surface area contributed by atoms with Gasteiger partial charge in [-0.05, 0) is 24.2 Å². The van der Waals surface area contributed by atoms with Crippen molar-refractivity contribution in [2.45, 2.75) is 45.6 Å². The molecule has 0 saturated heterocycles. The number of benzene rings is 1. The number of nitrogens with two attached hydrogens (primary N) is 1. The Hall–Kier alpha value is -3.77. The average Bonchev–Trinajstić information content (AvgIpc) is 2.78. The molecule has 0 radical (unpaired) electrons. The minimum Gasteiger partial charge on any atom is -0.508 e. The summed E-state index contributed by atoms with van der Waals surface area (Å²) in [5.41, 5.74) is 0.171. The summed E-state index contributed by atoms with van der Waals surface area (Å²) in [5.74, 6) is -9.51. The van der Waals surface area contributed by atoms with Crippen molar-refractivity contribution in [3.05, 3.63) is 39.9 Å². The van der Waals surface area contributed by atoms with Crippen molar-refractivity contribution in [1.82, 2.24) is 5.32 Å². The number of anilines is 1. The van der Waals surface area contributed by atoms with E-state index in [4.69, 9.17) is 5.73 Å². The molecule has 0 aliphatic heterocycles. The molecule has 204 valence electrons. The first-order valence-electron chi connectivity index (χ1n) is 12.1. The van der Waals surface area contributed by atoms with Crippen LogP contribution in [0.3, 0.4) is 0 Å². The Bertz CT molecular complexity index is 1340. The molecule has 3 aliphatic rings. The highest BCUT2D eigenvalue weighted by Gasteiger charge is 2.60. The summed E-state index contributed by atoms with van der Waals surface area (Å²) in [4.78, 5) is 50.0. The van der Waals surface area contributed by atoms with Crippen LogP contribution in [0.4, 0.5) is 10.1 Å². The first-order valence-corrected chi connectivity index (χ1v) is 12.1. The van der Waals surface area contributed by atoms with E-state index in [1.807, 2.05) is 20.8 Å². The summed E-state index contributed by atoms with van der Waals surface area (Å²) in [6, 6.07) is 0.910. The SMILES string of the molecule is CC(C)(C)CNCC(=O)Nc1cc(F)c2c(c1O)C(O)=C1C(=O)[C@]3(O)C(O)=C(C(N)=O)C(=O)C[C@@H]3CC1C2. The number of fused-ring (bicyclic) bond motifs is 3. The molecular formula is C26H30FN3O8. The molecule has 1 aromatic rings. The molecule has 2 amide bonds. The van der Waals surface area contributed by atoms with Gasteiger partial charge in [-0.25, -0.2) is 4.39 Å². The summed E-state index contributed by atoms with van der Waals surface area (Å²) >= 11 is 0. The molecule has 3 atom stereocenters. The number of amides is 2. The molecule has 4 rings (SSSR count). The lowest BCUT2D eigenvalue weighted by Gasteiger charge is -2.46. The van der Waals surface area contributed by atoms with Crippen molar-refractivity contribution in [3.63, 3.8) is 0 Å². The first-order chi connectivity index (χ1) is 17.6. The number of phenols is 1. The number of carbonyl (C=O) groups excluding carboxylic acids is 4. The maximum Gasteiger partial charge on any atom is 0.255 e. The maximum atomic E-state index is 15.2. The minimum absolute atomic E-state index is 0.0993. The highest BCUT2D eigenvalue weighted by molar-refractivity contribution is 6.22. The van der Waals surface area contributed by atoms with E-state index in [1.54, 1.807) is 0 Å². The van der Waals surface area contributed by atoms with Crippen LogP contribution in [-0.4, -0.2) is 62.5 Å². The molecule has 0 aromatic heterocycles. The molecule has 0 heterocycles. The fourth-order valence-electron chi connectivity index (χ4n) is 5.48. The highest BCUT2D eigenvalue weighted by atomic mass is 19.1. The molecule has 1 aromatic carbocycles. The van der Waals surface area contributed by atoms with Crippen molar-refractivity contribution >= 4 is 34.8 Å². The Balaban J connectivity index is 1.73. The molecule has 38 heavy (non-hydrogen) atoms. The van der Waals surface area contributed by atoms with E-state index >= 15 is 4.39 Å². The number of aromatic hydroxyl groups is 1. The predicted octanol–water partition coefficient (Wildman–Crippen LogP) is 1.14. The van der Waals surface area contributed by atoms with E-state index in [-0.39, 0.29) is 36.1 Å². The summed E-state index contributed by atoms with van der Waals surface area (Å²) in [5, 5.41) is 49.1. The fraction of sp³-hybridized carbons (Fsp3) is 0.462. The Morgan fingerprint density at radius 1 is 1.18 bits per heavy atom. The van der Waals surface area contributed by atoms with E-state index in [0.717, 1.165) is 6.07 Å². The second kappa shape index (κ2) is 9.21. The van der Waals surface area contributed by atoms with E-state index in [2.05, 4.69) is 10.6 Å². The molecular weight excluding hydrogens is 501 g/mol. The summed E-state index contributed by atoms with van der Waals surface area (Å²) in [6.45, 7) is 6.27. The number of hydrogen-bond acceptors (Lipinski definition) is 9. The Morgan fingerprint density at radius 3 is 2.45 bits per heavy atom. The summed E-state index contributed by atoms with van der Waals surface area (Å²) < 4.78 is 15.2. The zero-order chi connectivity index (χ0) is 28.3. The molecule has 1 unspecified atom stereocenters. The van der Waals surface area contributed by atoms with Crippen LogP contribution in [0.15, 0.2) is 23.0 Å². The number of hydrogen-bond donors (Lipinski definition) is 7. The van der Waals surface area contributed by atoms with Crippen LogP contribution in [-0.2, 0) is 25.6 Å². The molecule has 1 fully saturated rings. The second-order valence-electron chi connectivity index (χ2n) is 11.2. The number of Topliss-reactive ketones (excluding diaryl/α,β-unsaturated/α-hetero) is 2. The average molecular weight is 532 g/mol. The van der Waals surface area contributed by atoms with Crippen molar-refractivity contribution in [1.29, 1.82) is 0 Å². The van der Waals surface area contributed by atoms with Gasteiger partial charge in [-0.2, -0.15) is 0 Å². The number of primary amides is 1. The van der Waals surface area contributed by atoms with Crippen LogP contribution in [0.2, 0.25) is 0 Å². The standard InChI is InChI=1S/C26H30FN3O8/c1-25(2,3)9-29-8-16(32)30-14-7-13(27)12-5-10-4-11-6-15(31)19(24(28)37)23(36)26(11,38)22(35)17(10)21(34)18(12)20(14)33/h7,10-11,29,33-34,36,38H,4-6,8-9H2,1-3H3,(H2,28,37)(H,30,32)/t10?,11-,26-/m0/s1. The number of rotatable bonds is 5. The summed E-state index contributed by atoms with van der Waals surface area (Å²) in [7, 11) is 0. The summed E-state index contributed by atoms with van der Waals surface area (Å²) in [6.07, 6.45) is -0.750. The van der Waals surface area contributed by atoms with E-state index in [0.29, 0.717) is 6.54 Å². The van der Waals surface area contributed by atoms with Crippen molar-refractivity contribution < 1.29 is 44.0 Å². The monoisotopic (exact) mass is 531 g/mol. The number of nitrogens with one attached hydrogen (secondary N) is 2. The molecule has 0 spiro atoms. The number of ketones is 2. The van der Waals surface area contributed by atoms with Crippen LogP contribution in [0.5, 0.6) is 5.75 Å². The van der Waals surface area contributed by atoms with E-state index < -0.39 is 87.0 Å². The Morgan fingerprint density at radius 2 is 1.84 bits per heavy atom. The molecule has 11 nitrogen and oxygen atoms in total. The van der Waals surface area contributed by atoms with Gasteiger partial charge < -0.3 is 36.8 Å². The largest absolute Gasteiger partial charge is 0.508 e. The highest BCUT2D eigenvalue weighted by Crippen LogP contribution is 2.53. The zero-order valence-electron chi connectivity index (χ0n) is 21.1. The molecule has 8 N–H and O–H groups in total. The fourth-order valence-corrected chi connectivity index (χ4v) is 5.48. The normalized spacial score (nSPS) is 25.1. The van der Waals surface area contributed by atoms with Gasteiger partial charge in [0, 0.05) is 36.1 Å². The van der Waals surface area contributed by atoms with Gasteiger partial charge in [-0.3, -0.25) is 19.2 Å². The number of aliphatic hydroxyl groups is 3. The Labute approximate surface area is 217 Å². The van der Waals surface area contributed by atoms with Crippen LogP contribution >= 0.6 is 0 Å². The van der Waals surface area contributed by atoms with Gasteiger partial charge in [0.25, 0.3) is 5.91 Å². The molecule has 3 aliphatic carbocycles. The van der Waals surface area contributed by atoms with Crippen molar-refractivity contribution in [2.24, 2.45) is 23.0 Å². The topological polar surface area (TPSA) is 199 Å². The third-order valence-electron chi connectivity index (χ3n) is 7.22. The van der Waals surface area contributed by atoms with E-state index in [9.17, 15) is 39.6 Å².